The predicted octanol–water partition coefficient (Wildman–Crippen LogP) is 0.968. The Balaban J connectivity index is 3.03. The highest BCUT2D eigenvalue weighted by Gasteiger charge is 2.09. The topological polar surface area (TPSA) is 55.1 Å². The lowest BCUT2D eigenvalue weighted by molar-refractivity contribution is 0.0953. The summed E-state index contributed by atoms with van der Waals surface area (Å²) >= 11 is 1.60. The van der Waals surface area contributed by atoms with Crippen molar-refractivity contribution in [2.45, 2.75) is 13.8 Å². The first-order valence-corrected chi connectivity index (χ1v) is 4.04. The van der Waals surface area contributed by atoms with Gasteiger partial charge in [0.1, 0.15) is 0 Å². The number of aryl methyl sites for hydroxylation is 2. The van der Waals surface area contributed by atoms with Crippen LogP contribution in [0.15, 0.2) is 6.07 Å². The molecule has 60 valence electrons. The minimum Gasteiger partial charge on any atom is -0.290 e. The molecule has 1 aromatic rings. The number of nitrogen functional groups attached to an aromatic ring is 1. The molecular formula is C7H10N2OS. The first kappa shape index (κ1) is 8.23. The molecule has 0 aliphatic rings. The summed E-state index contributed by atoms with van der Waals surface area (Å²) in [5.74, 6) is 4.77. The molecule has 0 fully saturated rings. The molecule has 0 atom stereocenters. The number of nitrogens with two attached hydrogens (primary N) is 1. The second-order valence-electron chi connectivity index (χ2n) is 2.30. The molecule has 1 rings (SSSR count). The molecule has 0 saturated heterocycles. The van der Waals surface area contributed by atoms with Gasteiger partial charge in [0.15, 0.2) is 0 Å². The van der Waals surface area contributed by atoms with Gasteiger partial charge in [-0.2, -0.15) is 0 Å². The van der Waals surface area contributed by atoms with Crippen LogP contribution in [0.4, 0.5) is 0 Å². The van der Waals surface area contributed by atoms with Crippen LogP contribution in [0.2, 0.25) is 0 Å². The van der Waals surface area contributed by atoms with Gasteiger partial charge < -0.3 is 0 Å². The predicted molar refractivity (Wildman–Crippen MR) is 45.4 cm³/mol. The van der Waals surface area contributed by atoms with E-state index in [1.807, 2.05) is 19.9 Å². The average Bonchev–Trinajstić information content (AvgIpc) is 2.28. The fourth-order valence-corrected chi connectivity index (χ4v) is 1.86. The molecule has 4 heteroatoms. The number of hydrogen-bond acceptors (Lipinski definition) is 3. The first-order valence-electron chi connectivity index (χ1n) is 3.23. The maximum Gasteiger partial charge on any atom is 0.266 e. The van der Waals surface area contributed by atoms with Gasteiger partial charge in [-0.25, -0.2) is 5.84 Å². The highest BCUT2D eigenvalue weighted by molar-refractivity contribution is 7.12. The number of carbonyl (C=O) groups is 1. The minimum absolute atomic E-state index is 0.216. The lowest BCUT2D eigenvalue weighted by Gasteiger charge is -1.95. The zero-order chi connectivity index (χ0) is 8.43. The Bertz CT molecular complexity index is 280. The number of thiophene rings is 1. The summed E-state index contributed by atoms with van der Waals surface area (Å²) < 4.78 is 0. The maximum atomic E-state index is 11.0. The van der Waals surface area contributed by atoms with Crippen LogP contribution in [0.3, 0.4) is 0 Å². The molecule has 0 aromatic carbocycles. The molecule has 0 spiro atoms. The number of carbonyl (C=O) groups excluding carboxylic acids is 1. The molecular weight excluding hydrogens is 160 g/mol. The smallest absolute Gasteiger partial charge is 0.266 e. The van der Waals surface area contributed by atoms with Gasteiger partial charge in [0.2, 0.25) is 0 Å². The molecule has 0 aliphatic heterocycles. The highest BCUT2D eigenvalue weighted by Crippen LogP contribution is 2.19. The number of nitrogens with one attached hydrogen (secondary N) is 1. The quantitative estimate of drug-likeness (QED) is 0.375. The molecule has 0 bridgehead atoms. The number of amides is 1. The van der Waals surface area contributed by atoms with Crippen LogP contribution in [0.5, 0.6) is 0 Å². The normalized spacial score (nSPS) is 9.73. The van der Waals surface area contributed by atoms with Crippen molar-refractivity contribution in [3.63, 3.8) is 0 Å². The van der Waals surface area contributed by atoms with Gasteiger partial charge in [0.25, 0.3) is 5.91 Å². The van der Waals surface area contributed by atoms with E-state index in [0.29, 0.717) is 5.56 Å². The molecule has 3 N–H and O–H groups in total. The zero-order valence-corrected chi connectivity index (χ0v) is 7.29. The standard InChI is InChI=1S/C7H10N2OS/c1-4-3-6(5(2)11-4)7(10)9-8/h3H,8H2,1-2H3,(H,9,10). The first-order chi connectivity index (χ1) is 5.15. The van der Waals surface area contributed by atoms with Crippen LogP contribution < -0.4 is 11.3 Å². The van der Waals surface area contributed by atoms with Gasteiger partial charge in [-0.1, -0.05) is 0 Å². The van der Waals surface area contributed by atoms with E-state index in [1.54, 1.807) is 11.3 Å². The van der Waals surface area contributed by atoms with Crippen LogP contribution >= 0.6 is 11.3 Å². The van der Waals surface area contributed by atoms with Gasteiger partial charge in [-0.3, -0.25) is 10.2 Å². The maximum absolute atomic E-state index is 11.0. The van der Waals surface area contributed by atoms with Gasteiger partial charge in [0.05, 0.1) is 5.56 Å². The van der Waals surface area contributed by atoms with E-state index >= 15 is 0 Å². The second-order valence-corrected chi connectivity index (χ2v) is 3.76. The van der Waals surface area contributed by atoms with E-state index < -0.39 is 0 Å². The monoisotopic (exact) mass is 170 g/mol. The fourth-order valence-electron chi connectivity index (χ4n) is 0.934. The summed E-state index contributed by atoms with van der Waals surface area (Å²) in [6, 6.07) is 1.84. The van der Waals surface area contributed by atoms with Crippen molar-refractivity contribution in [2.24, 2.45) is 5.84 Å². The highest BCUT2D eigenvalue weighted by atomic mass is 32.1. The lowest BCUT2D eigenvalue weighted by atomic mass is 10.2. The van der Waals surface area contributed by atoms with Crippen molar-refractivity contribution >= 4 is 17.2 Å². The van der Waals surface area contributed by atoms with Crippen molar-refractivity contribution in [1.82, 2.24) is 5.43 Å². The molecule has 3 nitrogen and oxygen atoms in total. The zero-order valence-electron chi connectivity index (χ0n) is 6.47. The molecule has 0 aliphatic carbocycles. The van der Waals surface area contributed by atoms with E-state index in [9.17, 15) is 4.79 Å². The van der Waals surface area contributed by atoms with E-state index in [2.05, 4.69) is 5.43 Å². The van der Waals surface area contributed by atoms with Crippen LogP contribution in [-0.2, 0) is 0 Å². The largest absolute Gasteiger partial charge is 0.290 e. The van der Waals surface area contributed by atoms with Crippen molar-refractivity contribution < 1.29 is 4.79 Å². The minimum atomic E-state index is -0.216. The molecule has 11 heavy (non-hydrogen) atoms. The Labute approximate surface area is 69.2 Å². The molecule has 0 saturated carbocycles. The number of hydrogen-bond donors (Lipinski definition) is 2. The third-order valence-electron chi connectivity index (χ3n) is 1.42. The van der Waals surface area contributed by atoms with Crippen molar-refractivity contribution in [2.75, 3.05) is 0 Å². The van der Waals surface area contributed by atoms with Crippen molar-refractivity contribution in [1.29, 1.82) is 0 Å². The lowest BCUT2D eigenvalue weighted by Crippen LogP contribution is -2.30. The number of hydrazine groups is 1. The summed E-state index contributed by atoms with van der Waals surface area (Å²) in [6.07, 6.45) is 0. The SMILES string of the molecule is Cc1cc(C(=O)NN)c(C)s1. The summed E-state index contributed by atoms with van der Waals surface area (Å²) in [7, 11) is 0. The Kier molecular flexibility index (Phi) is 2.26. The van der Waals surface area contributed by atoms with Crippen LogP contribution in [0.1, 0.15) is 20.1 Å². The third-order valence-corrected chi connectivity index (χ3v) is 2.38. The molecule has 1 heterocycles. The Morgan fingerprint density at radius 1 is 1.64 bits per heavy atom. The van der Waals surface area contributed by atoms with Crippen LogP contribution in [0.25, 0.3) is 0 Å². The summed E-state index contributed by atoms with van der Waals surface area (Å²) in [5.41, 5.74) is 2.78. The van der Waals surface area contributed by atoms with E-state index in [-0.39, 0.29) is 5.91 Å². The Hall–Kier alpha value is -0.870. The summed E-state index contributed by atoms with van der Waals surface area (Å²) in [5, 5.41) is 0. The molecule has 1 amide bonds. The summed E-state index contributed by atoms with van der Waals surface area (Å²) in [4.78, 5) is 13.1. The van der Waals surface area contributed by atoms with Crippen molar-refractivity contribution in [3.05, 3.63) is 21.4 Å². The Morgan fingerprint density at radius 2 is 2.27 bits per heavy atom. The van der Waals surface area contributed by atoms with Gasteiger partial charge in [-0.15, -0.1) is 11.3 Å². The van der Waals surface area contributed by atoms with Crippen LogP contribution in [-0.4, -0.2) is 5.91 Å². The van der Waals surface area contributed by atoms with Crippen molar-refractivity contribution in [3.8, 4) is 0 Å². The van der Waals surface area contributed by atoms with Gasteiger partial charge in [0, 0.05) is 9.75 Å². The van der Waals surface area contributed by atoms with Gasteiger partial charge in [-0.05, 0) is 19.9 Å². The number of rotatable bonds is 1. The van der Waals surface area contributed by atoms with E-state index in [1.165, 1.54) is 0 Å². The second kappa shape index (κ2) is 3.02. The average molecular weight is 170 g/mol. The summed E-state index contributed by atoms with van der Waals surface area (Å²) in [6.45, 7) is 3.87. The third kappa shape index (κ3) is 1.58. The molecule has 1 aromatic heterocycles. The van der Waals surface area contributed by atoms with E-state index in [0.717, 1.165) is 9.75 Å². The fraction of sp³-hybridized carbons (Fsp3) is 0.286. The van der Waals surface area contributed by atoms with Gasteiger partial charge >= 0.3 is 0 Å². The van der Waals surface area contributed by atoms with E-state index in [4.69, 9.17) is 5.84 Å². The molecule has 0 radical (unpaired) electrons. The van der Waals surface area contributed by atoms with Crippen LogP contribution in [0, 0.1) is 13.8 Å². The molecule has 0 unspecified atom stereocenters. The Morgan fingerprint density at radius 3 is 2.64 bits per heavy atom.